The van der Waals surface area contributed by atoms with Crippen LogP contribution >= 0.6 is 0 Å². The van der Waals surface area contributed by atoms with Gasteiger partial charge in [0.2, 0.25) is 0 Å². The number of aliphatic hydroxyl groups is 1. The Hall–Kier alpha value is -0.770. The molecule has 0 heterocycles. The van der Waals surface area contributed by atoms with Gasteiger partial charge in [-0.2, -0.15) is 0 Å². The third-order valence-electron chi connectivity index (χ3n) is 3.26. The van der Waals surface area contributed by atoms with Crippen molar-refractivity contribution < 1.29 is 9.90 Å². The number of nitrogens with one attached hydrogen (secondary N) is 2. The summed E-state index contributed by atoms with van der Waals surface area (Å²) in [4.78, 5) is 11.9. The molecule has 0 aromatic carbocycles. The number of hydrogen-bond donors (Lipinski definition) is 3. The maximum Gasteiger partial charge on any atom is 0.315 e. The normalized spacial score (nSPS) is 29.8. The first-order chi connectivity index (χ1) is 7.76. The Balaban J connectivity index is 2.59. The molecule has 0 saturated heterocycles. The van der Waals surface area contributed by atoms with Crippen LogP contribution in [0.3, 0.4) is 0 Å². The first kappa shape index (κ1) is 14.3. The molecule has 0 aromatic rings. The number of aliphatic hydroxyl groups excluding tert-OH is 1. The Labute approximate surface area is 104 Å². The van der Waals surface area contributed by atoms with E-state index in [-0.39, 0.29) is 18.2 Å². The molecule has 2 atom stereocenters. The Bertz CT molecular complexity index is 273. The van der Waals surface area contributed by atoms with Crippen LogP contribution in [0.5, 0.6) is 0 Å². The molecule has 3 N–H and O–H groups in total. The molecule has 4 heteroatoms. The molecular weight excluding hydrogens is 216 g/mol. The summed E-state index contributed by atoms with van der Waals surface area (Å²) in [5, 5.41) is 15.4. The molecule has 0 bridgehead atoms. The van der Waals surface area contributed by atoms with E-state index in [2.05, 4.69) is 17.6 Å². The van der Waals surface area contributed by atoms with E-state index in [1.54, 1.807) is 0 Å². The molecule has 100 valence electrons. The summed E-state index contributed by atoms with van der Waals surface area (Å²) in [6.07, 6.45) is 3.98. The first-order valence-corrected chi connectivity index (χ1v) is 6.47. The van der Waals surface area contributed by atoms with Gasteiger partial charge in [0.15, 0.2) is 0 Å². The highest BCUT2D eigenvalue weighted by Gasteiger charge is 2.36. The van der Waals surface area contributed by atoms with Crippen LogP contribution in [0.2, 0.25) is 0 Å². The van der Waals surface area contributed by atoms with Crippen molar-refractivity contribution >= 4 is 6.03 Å². The average molecular weight is 242 g/mol. The highest BCUT2D eigenvalue weighted by Crippen LogP contribution is 2.31. The maximum absolute atomic E-state index is 11.9. The minimum Gasteiger partial charge on any atom is -0.394 e. The van der Waals surface area contributed by atoms with Crippen molar-refractivity contribution in [1.82, 2.24) is 10.6 Å². The van der Waals surface area contributed by atoms with Crippen molar-refractivity contribution in [1.29, 1.82) is 0 Å². The van der Waals surface area contributed by atoms with Crippen molar-refractivity contribution in [2.24, 2.45) is 5.92 Å². The molecule has 4 nitrogen and oxygen atoms in total. The fourth-order valence-corrected chi connectivity index (χ4v) is 2.57. The van der Waals surface area contributed by atoms with Gasteiger partial charge in [-0.05, 0) is 39.5 Å². The number of urea groups is 1. The summed E-state index contributed by atoms with van der Waals surface area (Å²) < 4.78 is 0. The van der Waals surface area contributed by atoms with E-state index < -0.39 is 5.54 Å². The maximum atomic E-state index is 11.9. The van der Waals surface area contributed by atoms with E-state index in [1.807, 2.05) is 20.8 Å². The van der Waals surface area contributed by atoms with Crippen LogP contribution in [-0.2, 0) is 0 Å². The molecule has 1 saturated carbocycles. The Morgan fingerprint density at radius 3 is 2.59 bits per heavy atom. The molecule has 0 spiro atoms. The molecule has 0 radical (unpaired) electrons. The number of amides is 2. The predicted octanol–water partition coefficient (Wildman–Crippen LogP) is 2.03. The number of rotatable bonds is 2. The molecule has 1 aliphatic carbocycles. The third-order valence-corrected chi connectivity index (χ3v) is 3.26. The first-order valence-electron chi connectivity index (χ1n) is 6.47. The Kier molecular flexibility index (Phi) is 4.42. The smallest absolute Gasteiger partial charge is 0.315 e. The number of carbonyl (C=O) groups is 1. The van der Waals surface area contributed by atoms with Gasteiger partial charge in [-0.1, -0.05) is 19.8 Å². The average Bonchev–Trinajstić information content (AvgIpc) is 2.14. The van der Waals surface area contributed by atoms with E-state index >= 15 is 0 Å². The fourth-order valence-electron chi connectivity index (χ4n) is 2.57. The van der Waals surface area contributed by atoms with E-state index in [0.29, 0.717) is 5.92 Å². The van der Waals surface area contributed by atoms with E-state index in [1.165, 1.54) is 6.42 Å². The second kappa shape index (κ2) is 5.25. The van der Waals surface area contributed by atoms with Crippen LogP contribution in [0.25, 0.3) is 0 Å². The van der Waals surface area contributed by atoms with Crippen LogP contribution in [0.1, 0.15) is 53.4 Å². The van der Waals surface area contributed by atoms with Gasteiger partial charge in [-0.15, -0.1) is 0 Å². The van der Waals surface area contributed by atoms with Crippen LogP contribution < -0.4 is 10.6 Å². The minimum absolute atomic E-state index is 0.0227. The van der Waals surface area contributed by atoms with Gasteiger partial charge in [-0.25, -0.2) is 4.79 Å². The van der Waals surface area contributed by atoms with Gasteiger partial charge in [0.25, 0.3) is 0 Å². The van der Waals surface area contributed by atoms with E-state index in [9.17, 15) is 9.90 Å². The van der Waals surface area contributed by atoms with Crippen molar-refractivity contribution in [3.8, 4) is 0 Å². The lowest BCUT2D eigenvalue weighted by molar-refractivity contribution is 0.104. The van der Waals surface area contributed by atoms with Crippen molar-refractivity contribution in [3.05, 3.63) is 0 Å². The number of carbonyl (C=O) groups excluding carboxylic acids is 1. The van der Waals surface area contributed by atoms with Gasteiger partial charge in [-0.3, -0.25) is 0 Å². The molecule has 17 heavy (non-hydrogen) atoms. The summed E-state index contributed by atoms with van der Waals surface area (Å²) in [5.41, 5.74) is -0.673. The molecule has 1 rings (SSSR count). The predicted molar refractivity (Wildman–Crippen MR) is 68.9 cm³/mol. The van der Waals surface area contributed by atoms with Crippen LogP contribution in [0.15, 0.2) is 0 Å². The quantitative estimate of drug-likeness (QED) is 0.694. The van der Waals surface area contributed by atoms with E-state index in [0.717, 1.165) is 19.3 Å². The second-order valence-electron chi connectivity index (χ2n) is 6.47. The van der Waals surface area contributed by atoms with Gasteiger partial charge in [0, 0.05) is 5.54 Å². The van der Waals surface area contributed by atoms with E-state index in [4.69, 9.17) is 0 Å². The van der Waals surface area contributed by atoms with Gasteiger partial charge < -0.3 is 15.7 Å². The summed E-state index contributed by atoms with van der Waals surface area (Å²) in [6.45, 7) is 8.03. The zero-order valence-corrected chi connectivity index (χ0v) is 11.5. The molecule has 1 aliphatic rings. The SMILES string of the molecule is CC1CCCC(CO)(NC(=O)NC(C)(C)C)C1. The zero-order chi connectivity index (χ0) is 13.1. The fraction of sp³-hybridized carbons (Fsp3) is 0.923. The zero-order valence-electron chi connectivity index (χ0n) is 11.5. The van der Waals surface area contributed by atoms with Crippen molar-refractivity contribution in [2.75, 3.05) is 6.61 Å². The summed E-state index contributed by atoms with van der Waals surface area (Å²) in [5.74, 6) is 0.561. The van der Waals surface area contributed by atoms with Gasteiger partial charge in [0.05, 0.1) is 12.1 Å². The van der Waals surface area contributed by atoms with Crippen LogP contribution in [-0.4, -0.2) is 28.8 Å². The van der Waals surface area contributed by atoms with Gasteiger partial charge >= 0.3 is 6.03 Å². The largest absolute Gasteiger partial charge is 0.394 e. The topological polar surface area (TPSA) is 61.4 Å². The molecule has 1 fully saturated rings. The summed E-state index contributed by atoms with van der Waals surface area (Å²) in [6, 6.07) is -0.180. The van der Waals surface area contributed by atoms with Gasteiger partial charge in [0.1, 0.15) is 0 Å². The Morgan fingerprint density at radius 2 is 2.12 bits per heavy atom. The summed E-state index contributed by atoms with van der Waals surface area (Å²) >= 11 is 0. The molecule has 0 aromatic heterocycles. The van der Waals surface area contributed by atoms with Crippen molar-refractivity contribution in [3.63, 3.8) is 0 Å². The van der Waals surface area contributed by atoms with Crippen LogP contribution in [0, 0.1) is 5.92 Å². The second-order valence-corrected chi connectivity index (χ2v) is 6.47. The summed E-state index contributed by atoms with van der Waals surface area (Å²) in [7, 11) is 0. The van der Waals surface area contributed by atoms with Crippen molar-refractivity contribution in [2.45, 2.75) is 64.5 Å². The molecular formula is C13H26N2O2. The molecule has 0 aliphatic heterocycles. The standard InChI is InChI=1S/C13H26N2O2/c1-10-6-5-7-13(8-10,9-16)15-11(17)14-12(2,3)4/h10,16H,5-9H2,1-4H3,(H2,14,15,17). The number of hydrogen-bond acceptors (Lipinski definition) is 2. The highest BCUT2D eigenvalue weighted by atomic mass is 16.3. The lowest BCUT2D eigenvalue weighted by atomic mass is 9.77. The highest BCUT2D eigenvalue weighted by molar-refractivity contribution is 5.75. The molecule has 2 amide bonds. The monoisotopic (exact) mass is 242 g/mol. The lowest BCUT2D eigenvalue weighted by Crippen LogP contribution is -2.59. The van der Waals surface area contributed by atoms with Crippen LogP contribution in [0.4, 0.5) is 4.79 Å². The molecule has 2 unspecified atom stereocenters. The minimum atomic E-state index is -0.424. The third kappa shape index (κ3) is 4.54. The lowest BCUT2D eigenvalue weighted by Gasteiger charge is -2.40. The Morgan fingerprint density at radius 1 is 1.47 bits per heavy atom.